The smallest absolute Gasteiger partial charge is 0.407 e. The van der Waals surface area contributed by atoms with Crippen LogP contribution in [0.15, 0.2) is 23.1 Å². The minimum atomic E-state index is -3.90. The first kappa shape index (κ1) is 17.7. The Morgan fingerprint density at radius 2 is 2.08 bits per heavy atom. The molecule has 1 aliphatic rings. The first-order chi connectivity index (χ1) is 11.6. The maximum absolute atomic E-state index is 11.7. The normalized spacial score (nSPS) is 17.4. The van der Waals surface area contributed by atoms with E-state index in [1.165, 1.54) is 17.0 Å². The van der Waals surface area contributed by atoms with Crippen molar-refractivity contribution < 1.29 is 18.3 Å². The average molecular weight is 385 g/mol. The molecule has 1 aromatic carbocycles. The highest BCUT2D eigenvalue weighted by Crippen LogP contribution is 2.36. The van der Waals surface area contributed by atoms with Crippen LogP contribution >= 0.6 is 11.6 Å². The van der Waals surface area contributed by atoms with Gasteiger partial charge in [-0.05, 0) is 31.5 Å². The van der Waals surface area contributed by atoms with Crippen molar-refractivity contribution >= 4 is 27.7 Å². The zero-order valence-corrected chi connectivity index (χ0v) is 15.2. The Morgan fingerprint density at radius 1 is 1.40 bits per heavy atom. The third-order valence-electron chi connectivity index (χ3n) is 4.36. The van der Waals surface area contributed by atoms with Gasteiger partial charge >= 0.3 is 6.09 Å². The summed E-state index contributed by atoms with van der Waals surface area (Å²) in [6.45, 7) is 2.11. The van der Waals surface area contributed by atoms with Gasteiger partial charge < -0.3 is 5.11 Å². The molecule has 0 spiro atoms. The highest BCUT2D eigenvalue weighted by molar-refractivity contribution is 7.89. The molecule has 0 fully saturated rings. The number of hydrogen-bond acceptors (Lipinski definition) is 4. The van der Waals surface area contributed by atoms with Crippen molar-refractivity contribution in [2.45, 2.75) is 24.3 Å². The largest absolute Gasteiger partial charge is 0.465 e. The predicted molar refractivity (Wildman–Crippen MR) is 91.9 cm³/mol. The second-order valence-corrected chi connectivity index (χ2v) is 7.96. The summed E-state index contributed by atoms with van der Waals surface area (Å²) in [6, 6.07) is 3.99. The van der Waals surface area contributed by atoms with Crippen molar-refractivity contribution in [3.8, 4) is 11.3 Å². The molecule has 1 atom stereocenters. The third-order valence-corrected chi connectivity index (χ3v) is 5.47. The van der Waals surface area contributed by atoms with Crippen molar-refractivity contribution in [3.63, 3.8) is 0 Å². The molecule has 0 radical (unpaired) electrons. The lowest BCUT2D eigenvalue weighted by Crippen LogP contribution is -2.37. The van der Waals surface area contributed by atoms with Gasteiger partial charge in [-0.3, -0.25) is 9.58 Å². The number of carboxylic acid groups (broad SMARTS) is 1. The summed E-state index contributed by atoms with van der Waals surface area (Å²) in [5, 5.41) is 19.2. The van der Waals surface area contributed by atoms with Crippen molar-refractivity contribution in [3.05, 3.63) is 34.5 Å². The number of halogens is 1. The van der Waals surface area contributed by atoms with E-state index >= 15 is 0 Å². The topological polar surface area (TPSA) is 119 Å². The van der Waals surface area contributed by atoms with Crippen LogP contribution in [0.2, 0.25) is 5.02 Å². The molecule has 1 unspecified atom stereocenters. The van der Waals surface area contributed by atoms with E-state index in [0.717, 1.165) is 5.56 Å². The summed E-state index contributed by atoms with van der Waals surface area (Å²) >= 11 is 6.07. The molecule has 3 rings (SSSR count). The maximum atomic E-state index is 11.7. The molecule has 3 N–H and O–H groups in total. The molecule has 25 heavy (non-hydrogen) atoms. The van der Waals surface area contributed by atoms with E-state index in [9.17, 15) is 18.3 Å². The zero-order chi connectivity index (χ0) is 18.5. The van der Waals surface area contributed by atoms with Crippen LogP contribution in [0.3, 0.4) is 0 Å². The minimum Gasteiger partial charge on any atom is -0.465 e. The Labute approximate surface area is 149 Å². The van der Waals surface area contributed by atoms with Gasteiger partial charge in [0.25, 0.3) is 0 Å². The van der Waals surface area contributed by atoms with Crippen molar-refractivity contribution in [1.29, 1.82) is 0 Å². The number of aryl methyl sites for hydroxylation is 1. The molecular weight excluding hydrogens is 368 g/mol. The highest BCUT2D eigenvalue weighted by atomic mass is 35.5. The number of carbonyl (C=O) groups is 1. The number of sulfonamides is 1. The second-order valence-electron chi connectivity index (χ2n) is 5.96. The Morgan fingerprint density at radius 3 is 2.68 bits per heavy atom. The summed E-state index contributed by atoms with van der Waals surface area (Å²) in [5.74, 6) is 0. The average Bonchev–Trinajstić information content (AvgIpc) is 2.83. The molecule has 8 nitrogen and oxygen atoms in total. The van der Waals surface area contributed by atoms with Crippen LogP contribution in [0, 0.1) is 0 Å². The van der Waals surface area contributed by atoms with Crippen LogP contribution in [-0.4, -0.2) is 40.8 Å². The predicted octanol–water partition coefficient (Wildman–Crippen LogP) is 1.99. The Hall–Kier alpha value is -2.10. The number of benzene rings is 1. The molecule has 2 heterocycles. The van der Waals surface area contributed by atoms with E-state index < -0.39 is 22.2 Å². The van der Waals surface area contributed by atoms with Crippen molar-refractivity contribution in [2.75, 3.05) is 6.54 Å². The van der Waals surface area contributed by atoms with E-state index in [0.29, 0.717) is 29.9 Å². The quantitative estimate of drug-likeness (QED) is 0.820. The number of primary sulfonamides is 1. The van der Waals surface area contributed by atoms with Crippen molar-refractivity contribution in [2.24, 2.45) is 12.2 Å². The molecule has 10 heteroatoms. The number of nitrogens with two attached hydrogens (primary N) is 1. The highest BCUT2D eigenvalue weighted by Gasteiger charge is 2.33. The SMILES string of the molecule is CC1c2nn(C)c(-c3cc(Cl)cc(S(N)(=O)=O)c3)c2CCN1C(=O)O. The number of fused-ring (bicyclic) bond motifs is 1. The Balaban J connectivity index is 2.17. The van der Waals surface area contributed by atoms with Gasteiger partial charge in [0.05, 0.1) is 22.3 Å². The zero-order valence-electron chi connectivity index (χ0n) is 13.6. The van der Waals surface area contributed by atoms with Gasteiger partial charge in [-0.2, -0.15) is 5.10 Å². The lowest BCUT2D eigenvalue weighted by atomic mass is 9.96. The summed E-state index contributed by atoms with van der Waals surface area (Å²) in [7, 11) is -2.18. The molecule has 1 aromatic heterocycles. The molecule has 1 amide bonds. The van der Waals surface area contributed by atoms with Crippen LogP contribution in [0.1, 0.15) is 24.2 Å². The molecule has 134 valence electrons. The molecule has 0 bridgehead atoms. The first-order valence-electron chi connectivity index (χ1n) is 7.48. The molecule has 0 saturated carbocycles. The monoisotopic (exact) mass is 384 g/mol. The van der Waals surface area contributed by atoms with Crippen LogP contribution in [0.5, 0.6) is 0 Å². The Kier molecular flexibility index (Phi) is 4.26. The maximum Gasteiger partial charge on any atom is 0.407 e. The molecule has 1 aliphatic heterocycles. The summed E-state index contributed by atoms with van der Waals surface area (Å²) < 4.78 is 25.0. The fourth-order valence-electron chi connectivity index (χ4n) is 3.23. The summed E-state index contributed by atoms with van der Waals surface area (Å²) in [6.07, 6.45) is -0.517. The van der Waals surface area contributed by atoms with Gasteiger partial charge in [-0.25, -0.2) is 18.4 Å². The van der Waals surface area contributed by atoms with Gasteiger partial charge in [-0.15, -0.1) is 0 Å². The standard InChI is InChI=1S/C15H17ClN4O4S/c1-8-13-12(3-4-20(8)15(21)22)14(19(2)18-13)9-5-10(16)7-11(6-9)25(17,23)24/h5-8H,3-4H2,1-2H3,(H,21,22)(H2,17,23,24). The van der Waals surface area contributed by atoms with Crippen molar-refractivity contribution in [1.82, 2.24) is 14.7 Å². The molecular formula is C15H17ClN4O4S. The lowest BCUT2D eigenvalue weighted by Gasteiger charge is -2.30. The van der Waals surface area contributed by atoms with Crippen LogP contribution < -0.4 is 5.14 Å². The van der Waals surface area contributed by atoms with Gasteiger partial charge in [0.1, 0.15) is 0 Å². The molecule has 2 aromatic rings. The number of hydrogen-bond donors (Lipinski definition) is 2. The van der Waals surface area contributed by atoms with E-state index in [2.05, 4.69) is 5.10 Å². The third kappa shape index (κ3) is 3.10. The summed E-state index contributed by atoms with van der Waals surface area (Å²) in [4.78, 5) is 12.6. The van der Waals surface area contributed by atoms with Gasteiger partial charge in [0.15, 0.2) is 0 Å². The minimum absolute atomic E-state index is 0.0824. The molecule has 0 saturated heterocycles. The van der Waals surface area contributed by atoms with E-state index in [1.54, 1.807) is 24.7 Å². The van der Waals surface area contributed by atoms with Crippen LogP contribution in [-0.2, 0) is 23.5 Å². The van der Waals surface area contributed by atoms with E-state index in [4.69, 9.17) is 16.7 Å². The number of aromatic nitrogens is 2. The fourth-order valence-corrected chi connectivity index (χ4v) is 4.11. The van der Waals surface area contributed by atoms with Crippen LogP contribution in [0.4, 0.5) is 4.79 Å². The number of amides is 1. The van der Waals surface area contributed by atoms with Gasteiger partial charge in [0.2, 0.25) is 10.0 Å². The van der Waals surface area contributed by atoms with Gasteiger partial charge in [-0.1, -0.05) is 11.6 Å². The van der Waals surface area contributed by atoms with E-state index in [-0.39, 0.29) is 9.92 Å². The first-order valence-corrected chi connectivity index (χ1v) is 9.41. The summed E-state index contributed by atoms with van der Waals surface area (Å²) in [5.41, 5.74) is 2.82. The number of nitrogens with zero attached hydrogens (tertiary/aromatic N) is 3. The molecule has 0 aliphatic carbocycles. The Bertz CT molecular complexity index is 970. The second kappa shape index (κ2) is 6.01. The van der Waals surface area contributed by atoms with Crippen LogP contribution in [0.25, 0.3) is 11.3 Å². The fraction of sp³-hybridized carbons (Fsp3) is 0.333. The number of rotatable bonds is 2. The van der Waals surface area contributed by atoms with E-state index in [1.807, 2.05) is 0 Å². The van der Waals surface area contributed by atoms with Gasteiger partial charge in [0, 0.05) is 29.7 Å². The lowest BCUT2D eigenvalue weighted by molar-refractivity contribution is 0.123.